The van der Waals surface area contributed by atoms with Crippen molar-refractivity contribution in [2.45, 2.75) is 25.3 Å². The topological polar surface area (TPSA) is 108 Å². The number of carbonyl (C=O) groups excluding carboxylic acids is 1. The summed E-state index contributed by atoms with van der Waals surface area (Å²) >= 11 is 0.965. The summed E-state index contributed by atoms with van der Waals surface area (Å²) in [5.74, 6) is -0.207. The van der Waals surface area contributed by atoms with E-state index in [4.69, 9.17) is 0 Å². The first kappa shape index (κ1) is 16.0. The van der Waals surface area contributed by atoms with E-state index in [1.807, 2.05) is 32.0 Å². The third kappa shape index (κ3) is 3.85. The minimum atomic E-state index is -0.675. The second-order valence-electron chi connectivity index (χ2n) is 4.61. The molecule has 116 valence electrons. The quantitative estimate of drug-likeness (QED) is 0.714. The molecule has 1 aromatic heterocycles. The zero-order chi connectivity index (χ0) is 16.1. The van der Waals surface area contributed by atoms with E-state index in [9.17, 15) is 14.4 Å². The number of nitrogens with one attached hydrogen (secondary N) is 3. The fraction of sp³-hybridized carbons (Fsp3) is 0.286. The van der Waals surface area contributed by atoms with Gasteiger partial charge in [-0.3, -0.25) is 14.6 Å². The molecule has 0 unspecified atom stereocenters. The predicted octanol–water partition coefficient (Wildman–Crippen LogP) is 1.06. The number of hydrogen-bond donors (Lipinski definition) is 3. The summed E-state index contributed by atoms with van der Waals surface area (Å²) < 4.78 is 0. The monoisotopic (exact) mass is 320 g/mol. The Hall–Kier alpha value is -2.35. The lowest BCUT2D eigenvalue weighted by Crippen LogP contribution is -2.26. The van der Waals surface area contributed by atoms with Gasteiger partial charge in [-0.25, -0.2) is 9.89 Å². The fourth-order valence-corrected chi connectivity index (χ4v) is 2.58. The molecule has 0 aliphatic carbocycles. The van der Waals surface area contributed by atoms with E-state index in [0.717, 1.165) is 35.0 Å². The van der Waals surface area contributed by atoms with Crippen molar-refractivity contribution < 1.29 is 4.79 Å². The third-order valence-electron chi connectivity index (χ3n) is 3.02. The Kier molecular flexibility index (Phi) is 5.16. The second-order valence-corrected chi connectivity index (χ2v) is 5.58. The van der Waals surface area contributed by atoms with Crippen LogP contribution in [0.1, 0.15) is 18.1 Å². The lowest BCUT2D eigenvalue weighted by molar-refractivity contribution is -0.113. The van der Waals surface area contributed by atoms with Gasteiger partial charge in [0.25, 0.3) is 5.56 Å². The molecule has 0 fully saturated rings. The van der Waals surface area contributed by atoms with Gasteiger partial charge in [-0.2, -0.15) is 5.10 Å². The molecule has 0 bridgehead atoms. The predicted molar refractivity (Wildman–Crippen MR) is 85.4 cm³/mol. The van der Waals surface area contributed by atoms with Gasteiger partial charge in [0.15, 0.2) is 5.03 Å². The van der Waals surface area contributed by atoms with Crippen LogP contribution in [-0.4, -0.2) is 26.8 Å². The molecule has 0 radical (unpaired) electrons. The molecule has 2 rings (SSSR count). The van der Waals surface area contributed by atoms with E-state index < -0.39 is 11.2 Å². The highest BCUT2D eigenvalue weighted by Crippen LogP contribution is 2.21. The van der Waals surface area contributed by atoms with Crippen LogP contribution in [0.25, 0.3) is 0 Å². The Morgan fingerprint density at radius 3 is 2.82 bits per heavy atom. The SMILES string of the molecule is CCc1cccc(C)c1NC(=O)CSc1n[nH]c(=O)[nH]c1=O. The van der Waals surface area contributed by atoms with Crippen LogP contribution in [0, 0.1) is 6.92 Å². The number of aromatic amines is 2. The van der Waals surface area contributed by atoms with Gasteiger partial charge in [-0.1, -0.05) is 36.9 Å². The van der Waals surface area contributed by atoms with Crippen LogP contribution in [0.2, 0.25) is 0 Å². The summed E-state index contributed by atoms with van der Waals surface area (Å²) in [6.45, 7) is 3.94. The van der Waals surface area contributed by atoms with Crippen molar-refractivity contribution in [3.63, 3.8) is 0 Å². The molecular formula is C14H16N4O3S. The van der Waals surface area contributed by atoms with E-state index in [2.05, 4.69) is 20.5 Å². The molecular weight excluding hydrogens is 304 g/mol. The number of nitrogens with zero attached hydrogens (tertiary/aromatic N) is 1. The molecule has 0 spiro atoms. The van der Waals surface area contributed by atoms with Crippen LogP contribution in [0.3, 0.4) is 0 Å². The molecule has 3 N–H and O–H groups in total. The number of anilines is 1. The van der Waals surface area contributed by atoms with E-state index in [-0.39, 0.29) is 16.7 Å². The number of carbonyl (C=O) groups is 1. The number of rotatable bonds is 5. The Balaban J connectivity index is 2.05. The average molecular weight is 320 g/mol. The average Bonchev–Trinajstić information content (AvgIpc) is 2.48. The molecule has 2 aromatic rings. The number of para-hydroxylation sites is 1. The van der Waals surface area contributed by atoms with Crippen molar-refractivity contribution in [1.29, 1.82) is 0 Å². The molecule has 7 nitrogen and oxygen atoms in total. The van der Waals surface area contributed by atoms with Crippen molar-refractivity contribution in [3.05, 3.63) is 50.2 Å². The highest BCUT2D eigenvalue weighted by molar-refractivity contribution is 7.99. The summed E-state index contributed by atoms with van der Waals surface area (Å²) in [7, 11) is 0. The van der Waals surface area contributed by atoms with Crippen LogP contribution in [-0.2, 0) is 11.2 Å². The van der Waals surface area contributed by atoms with Crippen molar-refractivity contribution in [3.8, 4) is 0 Å². The summed E-state index contributed by atoms with van der Waals surface area (Å²) in [5, 5.41) is 8.65. The number of thioether (sulfide) groups is 1. The van der Waals surface area contributed by atoms with Gasteiger partial charge in [0.1, 0.15) is 0 Å². The lowest BCUT2D eigenvalue weighted by Gasteiger charge is -2.12. The van der Waals surface area contributed by atoms with Crippen LogP contribution >= 0.6 is 11.8 Å². The number of hydrogen-bond acceptors (Lipinski definition) is 5. The molecule has 0 saturated heterocycles. The summed E-state index contributed by atoms with van der Waals surface area (Å²) in [6, 6.07) is 5.84. The molecule has 1 heterocycles. The summed E-state index contributed by atoms with van der Waals surface area (Å²) in [6.07, 6.45) is 0.811. The smallest absolute Gasteiger partial charge is 0.325 e. The molecule has 0 aliphatic heterocycles. The standard InChI is InChI=1S/C14H16N4O3S/c1-3-9-6-4-5-8(2)11(9)15-10(19)7-22-13-12(20)16-14(21)18-17-13/h4-6H,3,7H2,1-2H3,(H,15,19)(H2,16,18,20,21). The minimum Gasteiger partial charge on any atom is -0.325 e. The molecule has 1 amide bonds. The van der Waals surface area contributed by atoms with Gasteiger partial charge in [0.05, 0.1) is 5.75 Å². The third-order valence-corrected chi connectivity index (χ3v) is 3.98. The number of aryl methyl sites for hydroxylation is 2. The molecule has 1 aromatic carbocycles. The fourth-order valence-electron chi connectivity index (χ4n) is 1.95. The number of amides is 1. The number of aromatic nitrogens is 3. The molecule has 0 aliphatic rings. The molecule has 8 heteroatoms. The maximum atomic E-state index is 12.0. The van der Waals surface area contributed by atoms with Gasteiger partial charge in [0, 0.05) is 5.69 Å². The summed E-state index contributed by atoms with van der Waals surface area (Å²) in [5.41, 5.74) is 1.56. The highest BCUT2D eigenvalue weighted by atomic mass is 32.2. The van der Waals surface area contributed by atoms with Gasteiger partial charge in [-0.05, 0) is 24.5 Å². The Bertz CT molecular complexity index is 797. The maximum absolute atomic E-state index is 12.0. The van der Waals surface area contributed by atoms with Gasteiger partial charge >= 0.3 is 5.69 Å². The highest BCUT2D eigenvalue weighted by Gasteiger charge is 2.11. The molecule has 22 heavy (non-hydrogen) atoms. The first-order valence-electron chi connectivity index (χ1n) is 6.71. The Morgan fingerprint density at radius 1 is 1.36 bits per heavy atom. The van der Waals surface area contributed by atoms with Crippen LogP contribution in [0.5, 0.6) is 0 Å². The van der Waals surface area contributed by atoms with E-state index in [0.29, 0.717) is 0 Å². The van der Waals surface area contributed by atoms with Crippen molar-refractivity contribution in [2.75, 3.05) is 11.1 Å². The summed E-state index contributed by atoms with van der Waals surface area (Å²) in [4.78, 5) is 36.4. The first-order chi connectivity index (χ1) is 10.5. The molecule has 0 saturated carbocycles. The van der Waals surface area contributed by atoms with Crippen LogP contribution in [0.4, 0.5) is 5.69 Å². The zero-order valence-electron chi connectivity index (χ0n) is 12.2. The van der Waals surface area contributed by atoms with Crippen molar-refractivity contribution in [2.24, 2.45) is 0 Å². The Labute approximate surface area is 130 Å². The minimum absolute atomic E-state index is 0.0274. The van der Waals surface area contributed by atoms with Gasteiger partial charge in [-0.15, -0.1) is 0 Å². The molecule has 0 atom stereocenters. The maximum Gasteiger partial charge on any atom is 0.342 e. The van der Waals surface area contributed by atoms with Gasteiger partial charge < -0.3 is 5.32 Å². The van der Waals surface area contributed by atoms with E-state index >= 15 is 0 Å². The van der Waals surface area contributed by atoms with Crippen molar-refractivity contribution in [1.82, 2.24) is 15.2 Å². The number of benzene rings is 1. The van der Waals surface area contributed by atoms with Crippen molar-refractivity contribution >= 4 is 23.4 Å². The van der Waals surface area contributed by atoms with E-state index in [1.165, 1.54) is 0 Å². The Morgan fingerprint density at radius 2 is 2.14 bits per heavy atom. The first-order valence-corrected chi connectivity index (χ1v) is 7.70. The zero-order valence-corrected chi connectivity index (χ0v) is 13.0. The van der Waals surface area contributed by atoms with Gasteiger partial charge in [0.2, 0.25) is 5.91 Å². The largest absolute Gasteiger partial charge is 0.342 e. The number of H-pyrrole nitrogens is 2. The second kappa shape index (κ2) is 7.08. The van der Waals surface area contributed by atoms with E-state index in [1.54, 1.807) is 0 Å². The van der Waals surface area contributed by atoms with Crippen LogP contribution < -0.4 is 16.6 Å². The normalized spacial score (nSPS) is 10.5. The van der Waals surface area contributed by atoms with Crippen LogP contribution in [0.15, 0.2) is 32.8 Å². The lowest BCUT2D eigenvalue weighted by atomic mass is 10.1.